The van der Waals surface area contributed by atoms with Gasteiger partial charge in [-0.3, -0.25) is 14.5 Å². The standard InChI is InChI=1S/C13H22N4O4/c14-13(21)17-3-1-2-10(8-17)12(20)16-6-4-15(5-7-16)9-11(18)19/h10H,1-9H2,(H2,14,21)(H,18,19). The van der Waals surface area contributed by atoms with Crippen molar-refractivity contribution < 1.29 is 19.5 Å². The third-order valence-electron chi connectivity index (χ3n) is 4.13. The van der Waals surface area contributed by atoms with Crippen LogP contribution in [0, 0.1) is 5.92 Å². The number of piperazine rings is 1. The third kappa shape index (κ3) is 4.07. The van der Waals surface area contributed by atoms with Crippen molar-refractivity contribution in [2.24, 2.45) is 11.7 Å². The highest BCUT2D eigenvalue weighted by molar-refractivity contribution is 5.80. The van der Waals surface area contributed by atoms with E-state index in [-0.39, 0.29) is 18.4 Å². The van der Waals surface area contributed by atoms with E-state index < -0.39 is 12.0 Å². The van der Waals surface area contributed by atoms with E-state index in [0.29, 0.717) is 39.3 Å². The van der Waals surface area contributed by atoms with Gasteiger partial charge in [0.05, 0.1) is 12.5 Å². The van der Waals surface area contributed by atoms with E-state index in [1.165, 1.54) is 4.90 Å². The summed E-state index contributed by atoms with van der Waals surface area (Å²) in [7, 11) is 0. The smallest absolute Gasteiger partial charge is 0.317 e. The number of aliphatic carboxylic acids is 1. The molecule has 0 aliphatic carbocycles. The molecule has 1 atom stereocenters. The van der Waals surface area contributed by atoms with Crippen molar-refractivity contribution in [3.05, 3.63) is 0 Å². The first-order chi connectivity index (χ1) is 9.97. The number of piperidine rings is 1. The Morgan fingerprint density at radius 3 is 2.29 bits per heavy atom. The zero-order chi connectivity index (χ0) is 15.4. The zero-order valence-electron chi connectivity index (χ0n) is 12.0. The van der Waals surface area contributed by atoms with Crippen LogP contribution in [-0.4, -0.2) is 83.5 Å². The van der Waals surface area contributed by atoms with Crippen LogP contribution in [0.3, 0.4) is 0 Å². The van der Waals surface area contributed by atoms with E-state index in [4.69, 9.17) is 10.8 Å². The maximum absolute atomic E-state index is 12.5. The van der Waals surface area contributed by atoms with Gasteiger partial charge < -0.3 is 20.6 Å². The third-order valence-corrected chi connectivity index (χ3v) is 4.13. The SMILES string of the molecule is NC(=O)N1CCCC(C(=O)N2CCN(CC(=O)O)CC2)C1. The van der Waals surface area contributed by atoms with Gasteiger partial charge in [-0.15, -0.1) is 0 Å². The topological polar surface area (TPSA) is 107 Å². The molecule has 0 spiro atoms. The van der Waals surface area contributed by atoms with E-state index in [2.05, 4.69) is 0 Å². The summed E-state index contributed by atoms with van der Waals surface area (Å²) in [5.41, 5.74) is 5.27. The summed E-state index contributed by atoms with van der Waals surface area (Å²) in [6, 6.07) is -0.473. The number of carboxylic acids is 1. The van der Waals surface area contributed by atoms with Gasteiger partial charge in [-0.05, 0) is 12.8 Å². The number of amides is 3. The Morgan fingerprint density at radius 2 is 1.71 bits per heavy atom. The lowest BCUT2D eigenvalue weighted by Crippen LogP contribution is -2.54. The van der Waals surface area contributed by atoms with Gasteiger partial charge in [0.25, 0.3) is 0 Å². The number of hydrogen-bond acceptors (Lipinski definition) is 4. The van der Waals surface area contributed by atoms with Gasteiger partial charge in [-0.2, -0.15) is 0 Å². The van der Waals surface area contributed by atoms with Crippen LogP contribution in [0.2, 0.25) is 0 Å². The van der Waals surface area contributed by atoms with Crippen LogP contribution in [0.1, 0.15) is 12.8 Å². The molecule has 3 N–H and O–H groups in total. The molecule has 21 heavy (non-hydrogen) atoms. The summed E-state index contributed by atoms with van der Waals surface area (Å²) in [6.07, 6.45) is 1.57. The van der Waals surface area contributed by atoms with Crippen molar-refractivity contribution in [2.75, 3.05) is 45.8 Å². The predicted octanol–water partition coefficient (Wildman–Crippen LogP) is -0.994. The maximum atomic E-state index is 12.5. The summed E-state index contributed by atoms with van der Waals surface area (Å²) in [4.78, 5) is 39.4. The molecule has 2 heterocycles. The molecular weight excluding hydrogens is 276 g/mol. The molecule has 2 saturated heterocycles. The van der Waals surface area contributed by atoms with Gasteiger partial charge in [0.2, 0.25) is 5.91 Å². The number of primary amides is 1. The minimum Gasteiger partial charge on any atom is -0.480 e. The van der Waals surface area contributed by atoms with E-state index in [1.807, 2.05) is 4.90 Å². The Bertz CT molecular complexity index is 420. The second-order valence-corrected chi connectivity index (χ2v) is 5.62. The first-order valence-corrected chi connectivity index (χ1v) is 7.24. The summed E-state index contributed by atoms with van der Waals surface area (Å²) in [5.74, 6) is -0.979. The quantitative estimate of drug-likeness (QED) is 0.695. The Labute approximate surface area is 123 Å². The second kappa shape index (κ2) is 6.75. The number of hydrogen-bond donors (Lipinski definition) is 2. The molecule has 2 rings (SSSR count). The predicted molar refractivity (Wildman–Crippen MR) is 74.5 cm³/mol. The Balaban J connectivity index is 1.84. The fraction of sp³-hybridized carbons (Fsp3) is 0.769. The van der Waals surface area contributed by atoms with Crippen LogP contribution in [0.15, 0.2) is 0 Å². The molecule has 0 saturated carbocycles. The van der Waals surface area contributed by atoms with Crippen molar-refractivity contribution in [1.29, 1.82) is 0 Å². The minimum atomic E-state index is -0.848. The Morgan fingerprint density at radius 1 is 1.05 bits per heavy atom. The van der Waals surface area contributed by atoms with Gasteiger partial charge in [0.15, 0.2) is 0 Å². The van der Waals surface area contributed by atoms with Crippen molar-refractivity contribution >= 4 is 17.9 Å². The average Bonchev–Trinajstić information content (AvgIpc) is 2.47. The number of urea groups is 1. The lowest BCUT2D eigenvalue weighted by molar-refractivity contribution is -0.141. The molecule has 0 bridgehead atoms. The summed E-state index contributed by atoms with van der Waals surface area (Å²) >= 11 is 0. The number of nitrogens with two attached hydrogens (primary N) is 1. The Hall–Kier alpha value is -1.83. The van der Waals surface area contributed by atoms with Crippen molar-refractivity contribution in [2.45, 2.75) is 12.8 Å². The first-order valence-electron chi connectivity index (χ1n) is 7.24. The number of carbonyl (C=O) groups excluding carboxylic acids is 2. The van der Waals surface area contributed by atoms with E-state index in [0.717, 1.165) is 12.8 Å². The van der Waals surface area contributed by atoms with Crippen LogP contribution in [-0.2, 0) is 9.59 Å². The van der Waals surface area contributed by atoms with E-state index in [9.17, 15) is 14.4 Å². The fourth-order valence-electron chi connectivity index (χ4n) is 2.95. The first kappa shape index (κ1) is 15.6. The highest BCUT2D eigenvalue weighted by Crippen LogP contribution is 2.19. The van der Waals surface area contributed by atoms with Crippen molar-refractivity contribution in [3.63, 3.8) is 0 Å². The second-order valence-electron chi connectivity index (χ2n) is 5.62. The molecule has 0 aromatic carbocycles. The van der Waals surface area contributed by atoms with Gasteiger partial charge in [-0.25, -0.2) is 4.79 Å². The van der Waals surface area contributed by atoms with Crippen molar-refractivity contribution in [1.82, 2.24) is 14.7 Å². The van der Waals surface area contributed by atoms with E-state index >= 15 is 0 Å². The molecule has 3 amide bonds. The van der Waals surface area contributed by atoms with Crippen LogP contribution in [0.25, 0.3) is 0 Å². The van der Waals surface area contributed by atoms with E-state index in [1.54, 1.807) is 4.90 Å². The van der Waals surface area contributed by atoms with Gasteiger partial charge in [0.1, 0.15) is 0 Å². The summed E-state index contributed by atoms with van der Waals surface area (Å²) in [6.45, 7) is 3.25. The average molecular weight is 298 g/mol. The number of nitrogens with zero attached hydrogens (tertiary/aromatic N) is 3. The molecule has 0 aromatic heterocycles. The molecule has 8 nitrogen and oxygen atoms in total. The van der Waals surface area contributed by atoms with Crippen LogP contribution in [0.4, 0.5) is 4.79 Å². The number of rotatable bonds is 3. The van der Waals surface area contributed by atoms with Crippen LogP contribution < -0.4 is 5.73 Å². The van der Waals surface area contributed by atoms with Crippen LogP contribution >= 0.6 is 0 Å². The number of carboxylic acid groups (broad SMARTS) is 1. The van der Waals surface area contributed by atoms with Gasteiger partial charge in [-0.1, -0.05) is 0 Å². The Kier molecular flexibility index (Phi) is 5.00. The largest absolute Gasteiger partial charge is 0.480 e. The lowest BCUT2D eigenvalue weighted by Gasteiger charge is -2.38. The molecule has 2 fully saturated rings. The lowest BCUT2D eigenvalue weighted by atomic mass is 9.96. The van der Waals surface area contributed by atoms with Gasteiger partial charge >= 0.3 is 12.0 Å². The zero-order valence-corrected chi connectivity index (χ0v) is 12.0. The summed E-state index contributed by atoms with van der Waals surface area (Å²) in [5, 5.41) is 8.75. The maximum Gasteiger partial charge on any atom is 0.317 e. The highest BCUT2D eigenvalue weighted by atomic mass is 16.4. The normalized spacial score (nSPS) is 23.9. The fourth-order valence-corrected chi connectivity index (χ4v) is 2.95. The molecule has 2 aliphatic rings. The molecular formula is C13H22N4O4. The number of likely N-dealkylation sites (tertiary alicyclic amines) is 1. The van der Waals surface area contributed by atoms with Crippen LogP contribution in [0.5, 0.6) is 0 Å². The molecule has 0 aromatic rings. The van der Waals surface area contributed by atoms with Crippen molar-refractivity contribution in [3.8, 4) is 0 Å². The monoisotopic (exact) mass is 298 g/mol. The van der Waals surface area contributed by atoms with Gasteiger partial charge in [0, 0.05) is 39.3 Å². The molecule has 0 radical (unpaired) electrons. The molecule has 2 aliphatic heterocycles. The highest BCUT2D eigenvalue weighted by Gasteiger charge is 2.32. The minimum absolute atomic E-state index is 0.0148. The summed E-state index contributed by atoms with van der Waals surface area (Å²) < 4.78 is 0. The number of carbonyl (C=O) groups is 3. The molecule has 1 unspecified atom stereocenters. The molecule has 118 valence electrons. The molecule has 8 heteroatoms.